The Hall–Kier alpha value is -2.60. The summed E-state index contributed by atoms with van der Waals surface area (Å²) in [7, 11) is -4.32. The van der Waals surface area contributed by atoms with E-state index in [0.717, 1.165) is 33.1 Å². The molecule has 0 saturated carbocycles. The lowest BCUT2D eigenvalue weighted by Gasteiger charge is -2.30. The average molecular weight is 569 g/mol. The second-order valence-electron chi connectivity index (χ2n) is 9.04. The molecule has 0 radical (unpaired) electrons. The summed E-state index contributed by atoms with van der Waals surface area (Å²) < 4.78 is 57.5. The highest BCUT2D eigenvalue weighted by atomic mass is 35.5. The highest BCUT2D eigenvalue weighted by molar-refractivity contribution is 7.92. The van der Waals surface area contributed by atoms with E-state index < -0.39 is 33.4 Å². The quantitative estimate of drug-likeness (QED) is 0.411. The van der Waals surface area contributed by atoms with E-state index in [9.17, 15) is 22.0 Å². The third-order valence-corrected chi connectivity index (χ3v) is 9.95. The first-order chi connectivity index (χ1) is 17.5. The largest absolute Gasteiger partial charge is 0.369 e. The van der Waals surface area contributed by atoms with Crippen molar-refractivity contribution < 1.29 is 22.0 Å². The second kappa shape index (κ2) is 11.0. The number of rotatable bonds is 8. The van der Waals surface area contributed by atoms with Crippen molar-refractivity contribution in [2.45, 2.75) is 44.2 Å². The summed E-state index contributed by atoms with van der Waals surface area (Å²) >= 11 is 7.26. The molecule has 1 aliphatic rings. The first-order valence-corrected chi connectivity index (χ1v) is 14.3. The molecule has 198 valence electrons. The van der Waals surface area contributed by atoms with Crippen LogP contribution in [0.1, 0.15) is 41.4 Å². The topological polar surface area (TPSA) is 96.6 Å². The van der Waals surface area contributed by atoms with Crippen LogP contribution in [-0.2, 0) is 21.4 Å². The van der Waals surface area contributed by atoms with Crippen LogP contribution in [0.2, 0.25) is 5.02 Å². The minimum Gasteiger partial charge on any atom is -0.369 e. The Kier molecular flexibility index (Phi) is 8.17. The van der Waals surface area contributed by atoms with Gasteiger partial charge >= 0.3 is 0 Å². The molecule has 1 amide bonds. The molecule has 2 aromatic carbocycles. The van der Waals surface area contributed by atoms with Gasteiger partial charge in [0.25, 0.3) is 10.0 Å². The van der Waals surface area contributed by atoms with Crippen LogP contribution in [0.5, 0.6) is 0 Å². The Morgan fingerprint density at radius 1 is 1.22 bits per heavy atom. The minimum absolute atomic E-state index is 0.113. The van der Waals surface area contributed by atoms with Gasteiger partial charge < -0.3 is 5.73 Å². The van der Waals surface area contributed by atoms with Gasteiger partial charge in [-0.2, -0.15) is 0 Å². The van der Waals surface area contributed by atoms with E-state index in [1.807, 2.05) is 6.92 Å². The van der Waals surface area contributed by atoms with Crippen molar-refractivity contribution in [1.82, 2.24) is 9.88 Å². The van der Waals surface area contributed by atoms with Gasteiger partial charge in [0, 0.05) is 28.4 Å². The number of carbonyl (C=O) groups excluding carboxylic acids is 1. The van der Waals surface area contributed by atoms with E-state index in [-0.39, 0.29) is 16.7 Å². The SMILES string of the molecule is Cc1nc(C(C)N(c2cc(F)ccc2F)S(=O)(=O)c2ccc(Cl)cc2)sc1CN1CCC(C(N)=O)CC1. The predicted octanol–water partition coefficient (Wildman–Crippen LogP) is 5.04. The van der Waals surface area contributed by atoms with E-state index in [2.05, 4.69) is 9.88 Å². The molecule has 1 atom stereocenters. The molecule has 2 N–H and O–H groups in total. The summed E-state index contributed by atoms with van der Waals surface area (Å²) in [6.07, 6.45) is 1.37. The number of aromatic nitrogens is 1. The zero-order chi connectivity index (χ0) is 26.9. The molecule has 3 aromatic rings. The molecule has 1 fully saturated rings. The summed E-state index contributed by atoms with van der Waals surface area (Å²) in [5.74, 6) is -2.05. The number of sulfonamides is 1. The van der Waals surface area contributed by atoms with E-state index >= 15 is 0 Å². The molecular weight excluding hydrogens is 542 g/mol. The number of nitrogens with zero attached hydrogens (tertiary/aromatic N) is 3. The number of amides is 1. The third kappa shape index (κ3) is 5.95. The van der Waals surface area contributed by atoms with Gasteiger partial charge in [0.2, 0.25) is 5.91 Å². The number of aryl methyl sites for hydroxylation is 1. The number of primary amides is 1. The first-order valence-electron chi connectivity index (χ1n) is 11.7. The van der Waals surface area contributed by atoms with Crippen molar-refractivity contribution in [3.05, 3.63) is 74.7 Å². The molecule has 1 aliphatic heterocycles. The Morgan fingerprint density at radius 3 is 2.49 bits per heavy atom. The maximum absolute atomic E-state index is 14.9. The molecule has 7 nitrogen and oxygen atoms in total. The molecule has 1 aromatic heterocycles. The Labute approximate surface area is 223 Å². The highest BCUT2D eigenvalue weighted by Crippen LogP contribution is 2.38. The Balaban J connectivity index is 1.68. The van der Waals surface area contributed by atoms with Crippen molar-refractivity contribution in [2.24, 2.45) is 11.7 Å². The summed E-state index contributed by atoms with van der Waals surface area (Å²) in [4.78, 5) is 19.1. The van der Waals surface area contributed by atoms with Crippen LogP contribution in [0.3, 0.4) is 0 Å². The minimum atomic E-state index is -4.32. The van der Waals surface area contributed by atoms with Crippen LogP contribution in [0.4, 0.5) is 14.5 Å². The number of hydrogen-bond donors (Lipinski definition) is 1. The van der Waals surface area contributed by atoms with Gasteiger partial charge in [0.15, 0.2) is 0 Å². The monoisotopic (exact) mass is 568 g/mol. The van der Waals surface area contributed by atoms with Gasteiger partial charge in [0.05, 0.1) is 22.3 Å². The van der Waals surface area contributed by atoms with Crippen LogP contribution >= 0.6 is 22.9 Å². The maximum atomic E-state index is 14.9. The number of likely N-dealkylation sites (tertiary alicyclic amines) is 1. The number of benzene rings is 2. The van der Waals surface area contributed by atoms with Crippen molar-refractivity contribution in [3.63, 3.8) is 0 Å². The average Bonchev–Trinajstić information content (AvgIpc) is 3.22. The molecule has 12 heteroatoms. The fraction of sp³-hybridized carbons (Fsp3) is 0.360. The zero-order valence-electron chi connectivity index (χ0n) is 20.3. The molecule has 2 heterocycles. The molecule has 1 saturated heterocycles. The Morgan fingerprint density at radius 2 is 1.86 bits per heavy atom. The van der Waals surface area contributed by atoms with Gasteiger partial charge in [-0.3, -0.25) is 14.0 Å². The fourth-order valence-corrected chi connectivity index (χ4v) is 7.34. The molecule has 0 aliphatic carbocycles. The smallest absolute Gasteiger partial charge is 0.265 e. The molecule has 0 bridgehead atoms. The van der Waals surface area contributed by atoms with E-state index in [0.29, 0.717) is 42.5 Å². The normalized spacial score (nSPS) is 16.0. The number of piperidine rings is 1. The van der Waals surface area contributed by atoms with Crippen LogP contribution in [0.25, 0.3) is 0 Å². The zero-order valence-corrected chi connectivity index (χ0v) is 22.7. The molecule has 37 heavy (non-hydrogen) atoms. The molecule has 1 unspecified atom stereocenters. The van der Waals surface area contributed by atoms with Crippen molar-refractivity contribution >= 4 is 44.6 Å². The standard InChI is InChI=1S/C25H27ClF2N4O3S2/c1-15-23(14-31-11-9-17(10-12-31)24(29)33)36-25(30-15)16(2)32(22-13-19(27)5-8-21(22)28)37(34,35)20-6-3-18(26)4-7-20/h3-8,13,16-17H,9-12,14H2,1-2H3,(H2,29,33). The van der Waals surface area contributed by atoms with Crippen LogP contribution in [-0.4, -0.2) is 37.3 Å². The number of thiazole rings is 1. The summed E-state index contributed by atoms with van der Waals surface area (Å²) in [6.45, 7) is 5.43. The lowest BCUT2D eigenvalue weighted by Crippen LogP contribution is -2.38. The lowest BCUT2D eigenvalue weighted by molar-refractivity contribution is -0.123. The third-order valence-electron chi connectivity index (χ3n) is 6.49. The van der Waals surface area contributed by atoms with Gasteiger partial charge in [-0.25, -0.2) is 22.2 Å². The van der Waals surface area contributed by atoms with E-state index in [4.69, 9.17) is 17.3 Å². The molecule has 0 spiro atoms. The van der Waals surface area contributed by atoms with E-state index in [1.165, 1.54) is 35.6 Å². The number of hydrogen-bond acceptors (Lipinski definition) is 6. The summed E-state index contributed by atoms with van der Waals surface area (Å²) in [6, 6.07) is 7.25. The number of anilines is 1. The summed E-state index contributed by atoms with van der Waals surface area (Å²) in [5.41, 5.74) is 5.75. The second-order valence-corrected chi connectivity index (χ2v) is 12.4. The van der Waals surface area contributed by atoms with Crippen molar-refractivity contribution in [1.29, 1.82) is 0 Å². The van der Waals surface area contributed by atoms with Gasteiger partial charge in [0.1, 0.15) is 16.6 Å². The number of nitrogens with two attached hydrogens (primary N) is 1. The van der Waals surface area contributed by atoms with Gasteiger partial charge in [-0.05, 0) is 76.2 Å². The summed E-state index contributed by atoms with van der Waals surface area (Å²) in [5, 5.41) is 0.788. The number of halogens is 3. The van der Waals surface area contributed by atoms with Gasteiger partial charge in [-0.1, -0.05) is 11.6 Å². The number of carbonyl (C=O) groups is 1. The molecular formula is C25H27ClF2N4O3S2. The van der Waals surface area contributed by atoms with Crippen molar-refractivity contribution in [3.8, 4) is 0 Å². The van der Waals surface area contributed by atoms with Crippen LogP contribution < -0.4 is 10.0 Å². The van der Waals surface area contributed by atoms with E-state index in [1.54, 1.807) is 6.92 Å². The van der Waals surface area contributed by atoms with Gasteiger partial charge in [-0.15, -0.1) is 11.3 Å². The van der Waals surface area contributed by atoms with Crippen molar-refractivity contribution in [2.75, 3.05) is 17.4 Å². The maximum Gasteiger partial charge on any atom is 0.265 e. The van der Waals surface area contributed by atoms with Crippen LogP contribution in [0, 0.1) is 24.5 Å². The first kappa shape index (κ1) is 27.4. The lowest BCUT2D eigenvalue weighted by atomic mass is 9.96. The predicted molar refractivity (Wildman–Crippen MR) is 140 cm³/mol. The fourth-order valence-electron chi connectivity index (χ4n) is 4.38. The Bertz CT molecular complexity index is 1390. The highest BCUT2D eigenvalue weighted by Gasteiger charge is 2.35. The molecule has 4 rings (SSSR count). The van der Waals surface area contributed by atoms with Crippen LogP contribution in [0.15, 0.2) is 47.4 Å².